The van der Waals surface area contributed by atoms with Gasteiger partial charge in [-0.25, -0.2) is 0 Å². The van der Waals surface area contributed by atoms with Crippen molar-refractivity contribution in [1.82, 2.24) is 5.32 Å². The zero-order valence-corrected chi connectivity index (χ0v) is 7.41. The summed E-state index contributed by atoms with van der Waals surface area (Å²) >= 11 is 0. The van der Waals surface area contributed by atoms with Crippen LogP contribution in [0.25, 0.3) is 0 Å². The lowest BCUT2D eigenvalue weighted by Gasteiger charge is -2.24. The summed E-state index contributed by atoms with van der Waals surface area (Å²) in [5.74, 6) is -0.472. The summed E-state index contributed by atoms with van der Waals surface area (Å²) in [6, 6.07) is 0. The first-order valence-corrected chi connectivity index (χ1v) is 4.72. The molecule has 4 nitrogen and oxygen atoms in total. The van der Waals surface area contributed by atoms with Crippen LogP contribution in [-0.4, -0.2) is 25.0 Å². The van der Waals surface area contributed by atoms with E-state index in [9.17, 15) is 9.59 Å². The molecule has 1 atom stereocenters. The second-order valence-corrected chi connectivity index (χ2v) is 3.69. The Morgan fingerprint density at radius 3 is 2.46 bits per heavy atom. The lowest BCUT2D eigenvalue weighted by atomic mass is 9.84. The molecule has 1 N–H and O–H groups in total. The number of hydrogen-bond donors (Lipinski definition) is 1. The molecule has 2 fully saturated rings. The molecule has 2 heterocycles. The summed E-state index contributed by atoms with van der Waals surface area (Å²) in [5, 5.41) is 3.23. The smallest absolute Gasteiger partial charge is 0.317 e. The van der Waals surface area contributed by atoms with E-state index < -0.39 is 0 Å². The minimum atomic E-state index is -0.353. The minimum Gasteiger partial charge on any atom is -0.393 e. The van der Waals surface area contributed by atoms with Crippen molar-refractivity contribution in [2.45, 2.75) is 19.3 Å². The first kappa shape index (κ1) is 8.69. The van der Waals surface area contributed by atoms with Crippen molar-refractivity contribution in [3.8, 4) is 0 Å². The Morgan fingerprint density at radius 1 is 1.23 bits per heavy atom. The highest BCUT2D eigenvalue weighted by Gasteiger charge is 2.39. The average molecular weight is 183 g/mol. The van der Waals surface area contributed by atoms with Crippen molar-refractivity contribution in [3.63, 3.8) is 0 Å². The first-order valence-electron chi connectivity index (χ1n) is 4.72. The Bertz CT molecular complexity index is 233. The predicted molar refractivity (Wildman–Crippen MR) is 44.8 cm³/mol. The zero-order valence-electron chi connectivity index (χ0n) is 7.41. The van der Waals surface area contributed by atoms with Crippen LogP contribution in [0.3, 0.4) is 0 Å². The quantitative estimate of drug-likeness (QED) is 0.462. The number of hydrogen-bond acceptors (Lipinski definition) is 4. The second-order valence-electron chi connectivity index (χ2n) is 3.69. The van der Waals surface area contributed by atoms with Crippen molar-refractivity contribution in [3.05, 3.63) is 0 Å². The molecule has 0 radical (unpaired) electrons. The maximum absolute atomic E-state index is 11.2. The molecule has 0 spiro atoms. The largest absolute Gasteiger partial charge is 0.393 e. The van der Waals surface area contributed by atoms with E-state index >= 15 is 0 Å². The summed E-state index contributed by atoms with van der Waals surface area (Å²) in [7, 11) is 0. The Kier molecular flexibility index (Phi) is 2.31. The van der Waals surface area contributed by atoms with Crippen LogP contribution in [0.1, 0.15) is 19.3 Å². The number of carbonyl (C=O) groups is 2. The molecule has 0 saturated carbocycles. The molecule has 2 rings (SSSR count). The Labute approximate surface area is 76.6 Å². The van der Waals surface area contributed by atoms with Crippen LogP contribution in [0.4, 0.5) is 0 Å². The van der Waals surface area contributed by atoms with Gasteiger partial charge in [-0.2, -0.15) is 0 Å². The molecular weight excluding hydrogens is 170 g/mol. The van der Waals surface area contributed by atoms with Crippen LogP contribution in [0.15, 0.2) is 0 Å². The van der Waals surface area contributed by atoms with Gasteiger partial charge in [0, 0.05) is 0 Å². The number of carbonyl (C=O) groups excluding carboxylic acids is 2. The maximum atomic E-state index is 11.2. The summed E-state index contributed by atoms with van der Waals surface area (Å²) in [6.07, 6.45) is 2.25. The zero-order chi connectivity index (χ0) is 9.26. The third-order valence-corrected chi connectivity index (χ3v) is 2.86. The van der Waals surface area contributed by atoms with Gasteiger partial charge in [0.2, 0.25) is 0 Å². The summed E-state index contributed by atoms with van der Waals surface area (Å²) in [6.45, 7) is 1.89. The van der Waals surface area contributed by atoms with Crippen LogP contribution in [-0.2, 0) is 14.3 Å². The van der Waals surface area contributed by atoms with E-state index in [1.54, 1.807) is 0 Å². The standard InChI is InChI=1S/C9H13NO3/c11-8-5-7(9(12)13-8)6-1-3-10-4-2-6/h6-7,10H,1-5H2. The van der Waals surface area contributed by atoms with Crippen LogP contribution < -0.4 is 5.32 Å². The number of ether oxygens (including phenoxy) is 1. The molecule has 0 aromatic carbocycles. The van der Waals surface area contributed by atoms with Crippen molar-refractivity contribution >= 4 is 11.9 Å². The van der Waals surface area contributed by atoms with E-state index in [2.05, 4.69) is 10.1 Å². The lowest BCUT2D eigenvalue weighted by Crippen LogP contribution is -2.33. The molecule has 2 saturated heterocycles. The highest BCUT2D eigenvalue weighted by atomic mass is 16.6. The van der Waals surface area contributed by atoms with Crippen molar-refractivity contribution in [2.75, 3.05) is 13.1 Å². The van der Waals surface area contributed by atoms with E-state index in [0.29, 0.717) is 12.3 Å². The van der Waals surface area contributed by atoms with Gasteiger partial charge in [-0.3, -0.25) is 9.59 Å². The molecule has 2 aliphatic rings. The Morgan fingerprint density at radius 2 is 1.92 bits per heavy atom. The predicted octanol–water partition coefficient (Wildman–Crippen LogP) is 0.0757. The summed E-state index contributed by atoms with van der Waals surface area (Å²) in [4.78, 5) is 22.1. The van der Waals surface area contributed by atoms with Crippen molar-refractivity contribution in [1.29, 1.82) is 0 Å². The van der Waals surface area contributed by atoms with Crippen LogP contribution >= 0.6 is 0 Å². The maximum Gasteiger partial charge on any atom is 0.317 e. The molecule has 0 aromatic rings. The molecule has 1 unspecified atom stereocenters. The topological polar surface area (TPSA) is 55.4 Å². The van der Waals surface area contributed by atoms with E-state index in [0.717, 1.165) is 25.9 Å². The molecule has 0 amide bonds. The highest BCUT2D eigenvalue weighted by molar-refractivity contribution is 5.94. The van der Waals surface area contributed by atoms with Gasteiger partial charge >= 0.3 is 11.9 Å². The normalized spacial score (nSPS) is 30.6. The lowest BCUT2D eigenvalue weighted by molar-refractivity contribution is -0.153. The monoisotopic (exact) mass is 183 g/mol. The summed E-state index contributed by atoms with van der Waals surface area (Å²) < 4.78 is 4.53. The molecule has 0 bridgehead atoms. The fraction of sp³-hybridized carbons (Fsp3) is 0.778. The van der Waals surface area contributed by atoms with E-state index in [4.69, 9.17) is 0 Å². The molecule has 2 aliphatic heterocycles. The Balaban J connectivity index is 1.99. The molecule has 72 valence electrons. The average Bonchev–Trinajstić information content (AvgIpc) is 2.47. The van der Waals surface area contributed by atoms with Gasteiger partial charge in [0.1, 0.15) is 0 Å². The minimum absolute atomic E-state index is 0.158. The van der Waals surface area contributed by atoms with E-state index in [-0.39, 0.29) is 17.9 Å². The molecule has 13 heavy (non-hydrogen) atoms. The molecule has 0 aromatic heterocycles. The fourth-order valence-corrected chi connectivity index (χ4v) is 2.10. The van der Waals surface area contributed by atoms with Gasteiger partial charge in [-0.15, -0.1) is 0 Å². The van der Waals surface area contributed by atoms with E-state index in [1.165, 1.54) is 0 Å². The van der Waals surface area contributed by atoms with Gasteiger partial charge in [0.15, 0.2) is 0 Å². The molecule has 0 aliphatic carbocycles. The number of cyclic esters (lactones) is 2. The SMILES string of the molecule is O=C1CC(C2CCNCC2)C(=O)O1. The van der Waals surface area contributed by atoms with Gasteiger partial charge in [-0.05, 0) is 31.8 Å². The third-order valence-electron chi connectivity index (χ3n) is 2.86. The van der Waals surface area contributed by atoms with Crippen LogP contribution in [0, 0.1) is 11.8 Å². The number of esters is 2. The van der Waals surface area contributed by atoms with Crippen molar-refractivity contribution in [2.24, 2.45) is 11.8 Å². The second kappa shape index (κ2) is 3.46. The van der Waals surface area contributed by atoms with Gasteiger partial charge in [0.05, 0.1) is 12.3 Å². The number of nitrogens with one attached hydrogen (secondary N) is 1. The molecular formula is C9H13NO3. The Hall–Kier alpha value is -0.900. The summed E-state index contributed by atoms with van der Waals surface area (Å²) in [5.41, 5.74) is 0. The fourth-order valence-electron chi connectivity index (χ4n) is 2.10. The third kappa shape index (κ3) is 1.72. The number of piperidine rings is 1. The van der Waals surface area contributed by atoms with Crippen LogP contribution in [0.2, 0.25) is 0 Å². The van der Waals surface area contributed by atoms with Crippen LogP contribution in [0.5, 0.6) is 0 Å². The number of rotatable bonds is 1. The highest BCUT2D eigenvalue weighted by Crippen LogP contribution is 2.30. The first-order chi connectivity index (χ1) is 6.27. The van der Waals surface area contributed by atoms with Crippen molar-refractivity contribution < 1.29 is 14.3 Å². The van der Waals surface area contributed by atoms with Gasteiger partial charge in [0.25, 0.3) is 0 Å². The van der Waals surface area contributed by atoms with E-state index in [1.807, 2.05) is 0 Å². The molecule has 4 heteroatoms. The van der Waals surface area contributed by atoms with Gasteiger partial charge in [-0.1, -0.05) is 0 Å². The van der Waals surface area contributed by atoms with Gasteiger partial charge < -0.3 is 10.1 Å².